The summed E-state index contributed by atoms with van der Waals surface area (Å²) >= 11 is 1.06. The predicted octanol–water partition coefficient (Wildman–Crippen LogP) is 6.66. The molecule has 0 radical (unpaired) electrons. The van der Waals surface area contributed by atoms with Gasteiger partial charge in [-0.1, -0.05) is 36.0 Å². The van der Waals surface area contributed by atoms with E-state index in [0.29, 0.717) is 11.1 Å². The molecule has 0 amide bonds. The van der Waals surface area contributed by atoms with Crippen LogP contribution in [0.3, 0.4) is 0 Å². The summed E-state index contributed by atoms with van der Waals surface area (Å²) in [6.45, 7) is 0. The maximum absolute atomic E-state index is 13.3. The SMILES string of the molecule is FC(F)(F)c1cccc(CSc2nnc(-c3cccnc3)n2-c2cccc(C(F)(F)F)c2)c1. The lowest BCUT2D eigenvalue weighted by Gasteiger charge is -2.13. The Morgan fingerprint density at radius 3 is 2.15 bits per heavy atom. The van der Waals surface area contributed by atoms with Gasteiger partial charge in [-0.15, -0.1) is 10.2 Å². The largest absolute Gasteiger partial charge is 0.416 e. The molecule has 0 aliphatic carbocycles. The summed E-state index contributed by atoms with van der Waals surface area (Å²) in [5.74, 6) is 0.364. The molecule has 4 rings (SSSR count). The first-order chi connectivity index (χ1) is 15.6. The van der Waals surface area contributed by atoms with Gasteiger partial charge in [0, 0.05) is 23.7 Å². The summed E-state index contributed by atoms with van der Waals surface area (Å²) in [4.78, 5) is 4.01. The number of rotatable bonds is 5. The minimum atomic E-state index is -4.55. The van der Waals surface area contributed by atoms with Gasteiger partial charge in [0.15, 0.2) is 11.0 Å². The van der Waals surface area contributed by atoms with Gasteiger partial charge in [-0.3, -0.25) is 9.55 Å². The molecule has 2 aromatic heterocycles. The Morgan fingerprint density at radius 2 is 1.48 bits per heavy atom. The molecule has 4 nitrogen and oxygen atoms in total. The number of pyridine rings is 1. The Kier molecular flexibility index (Phi) is 6.15. The average molecular weight is 480 g/mol. The number of alkyl halides is 6. The van der Waals surface area contributed by atoms with Crippen molar-refractivity contribution in [3.05, 3.63) is 89.7 Å². The van der Waals surface area contributed by atoms with E-state index in [1.807, 2.05) is 0 Å². The standard InChI is InChI=1S/C22H14F6N4S/c23-21(24,25)16-6-1-4-14(10-16)13-33-20-31-30-19(15-5-3-9-29-12-15)32(20)18-8-2-7-17(11-18)22(26,27)28/h1-12H,13H2. The highest BCUT2D eigenvalue weighted by Crippen LogP contribution is 2.35. The van der Waals surface area contributed by atoms with Crippen molar-refractivity contribution in [3.63, 3.8) is 0 Å². The van der Waals surface area contributed by atoms with Crippen LogP contribution in [0.15, 0.2) is 78.2 Å². The van der Waals surface area contributed by atoms with E-state index in [1.54, 1.807) is 12.1 Å². The van der Waals surface area contributed by atoms with E-state index in [0.717, 1.165) is 36.0 Å². The summed E-state index contributed by atoms with van der Waals surface area (Å²) in [7, 11) is 0. The second-order valence-corrected chi connectivity index (χ2v) is 7.86. The third kappa shape index (κ3) is 5.19. The number of hydrogen-bond acceptors (Lipinski definition) is 4. The van der Waals surface area contributed by atoms with Crippen molar-refractivity contribution in [2.45, 2.75) is 23.3 Å². The van der Waals surface area contributed by atoms with Crippen molar-refractivity contribution >= 4 is 11.8 Å². The molecule has 0 spiro atoms. The van der Waals surface area contributed by atoms with E-state index < -0.39 is 23.5 Å². The maximum atomic E-state index is 13.3. The molecule has 0 bridgehead atoms. The number of aromatic nitrogens is 4. The first-order valence-corrected chi connectivity index (χ1v) is 10.4. The third-order valence-electron chi connectivity index (χ3n) is 4.61. The van der Waals surface area contributed by atoms with E-state index in [2.05, 4.69) is 15.2 Å². The molecule has 0 fully saturated rings. The molecule has 170 valence electrons. The number of benzene rings is 2. The van der Waals surface area contributed by atoms with Gasteiger partial charge in [0.2, 0.25) is 0 Å². The van der Waals surface area contributed by atoms with Crippen LogP contribution in [-0.2, 0) is 18.1 Å². The molecular formula is C22H14F6N4S. The van der Waals surface area contributed by atoms with Gasteiger partial charge < -0.3 is 0 Å². The first kappa shape index (κ1) is 22.8. The second-order valence-electron chi connectivity index (χ2n) is 6.92. The molecule has 0 N–H and O–H groups in total. The van der Waals surface area contributed by atoms with Crippen LogP contribution in [-0.4, -0.2) is 19.7 Å². The first-order valence-electron chi connectivity index (χ1n) is 9.45. The molecule has 0 unspecified atom stereocenters. The van der Waals surface area contributed by atoms with E-state index in [1.165, 1.54) is 41.2 Å². The Labute approximate surface area is 188 Å². The third-order valence-corrected chi connectivity index (χ3v) is 5.61. The molecular weight excluding hydrogens is 466 g/mol. The van der Waals surface area contributed by atoms with E-state index in [9.17, 15) is 26.3 Å². The van der Waals surface area contributed by atoms with Crippen LogP contribution in [0.25, 0.3) is 17.1 Å². The molecule has 2 aromatic carbocycles. The lowest BCUT2D eigenvalue weighted by atomic mass is 10.1. The quantitative estimate of drug-likeness (QED) is 0.237. The van der Waals surface area contributed by atoms with Crippen LogP contribution < -0.4 is 0 Å². The molecule has 0 aliphatic rings. The molecule has 2 heterocycles. The van der Waals surface area contributed by atoms with Crippen LogP contribution in [0.5, 0.6) is 0 Å². The van der Waals surface area contributed by atoms with Crippen molar-refractivity contribution < 1.29 is 26.3 Å². The van der Waals surface area contributed by atoms with Gasteiger partial charge in [0.25, 0.3) is 0 Å². The molecule has 33 heavy (non-hydrogen) atoms. The van der Waals surface area contributed by atoms with Gasteiger partial charge in [0.05, 0.1) is 16.8 Å². The van der Waals surface area contributed by atoms with Crippen molar-refractivity contribution in [3.8, 4) is 17.1 Å². The highest BCUT2D eigenvalue weighted by atomic mass is 32.2. The fourth-order valence-electron chi connectivity index (χ4n) is 3.08. The summed E-state index contributed by atoms with van der Waals surface area (Å²) < 4.78 is 80.3. The van der Waals surface area contributed by atoms with Gasteiger partial charge in [-0.05, 0) is 42.0 Å². The molecule has 0 saturated heterocycles. The van der Waals surface area contributed by atoms with Crippen molar-refractivity contribution in [1.29, 1.82) is 0 Å². The average Bonchev–Trinajstić information content (AvgIpc) is 3.21. The van der Waals surface area contributed by atoms with Crippen LogP contribution in [0.4, 0.5) is 26.3 Å². The summed E-state index contributed by atoms with van der Waals surface area (Å²) in [5, 5.41) is 8.43. The zero-order valence-corrected chi connectivity index (χ0v) is 17.4. The normalized spacial score (nSPS) is 12.2. The van der Waals surface area contributed by atoms with E-state index in [4.69, 9.17) is 0 Å². The predicted molar refractivity (Wildman–Crippen MR) is 111 cm³/mol. The zero-order valence-electron chi connectivity index (χ0n) is 16.6. The Balaban J connectivity index is 1.74. The van der Waals surface area contributed by atoms with Gasteiger partial charge >= 0.3 is 12.4 Å². The Morgan fingerprint density at radius 1 is 0.788 bits per heavy atom. The van der Waals surface area contributed by atoms with Crippen molar-refractivity contribution in [1.82, 2.24) is 19.7 Å². The number of hydrogen-bond donors (Lipinski definition) is 0. The fourth-order valence-corrected chi connectivity index (χ4v) is 3.98. The number of nitrogens with zero attached hydrogens (tertiary/aromatic N) is 4. The molecule has 0 saturated carbocycles. The molecule has 0 atom stereocenters. The lowest BCUT2D eigenvalue weighted by Crippen LogP contribution is -2.07. The van der Waals surface area contributed by atoms with E-state index in [-0.39, 0.29) is 22.4 Å². The Bertz CT molecular complexity index is 1250. The molecule has 11 heteroatoms. The molecule has 4 aromatic rings. The monoisotopic (exact) mass is 480 g/mol. The lowest BCUT2D eigenvalue weighted by molar-refractivity contribution is -0.138. The van der Waals surface area contributed by atoms with Crippen molar-refractivity contribution in [2.24, 2.45) is 0 Å². The Hall–Kier alpha value is -3.34. The van der Waals surface area contributed by atoms with Gasteiger partial charge in [-0.2, -0.15) is 26.3 Å². The van der Waals surface area contributed by atoms with Gasteiger partial charge in [-0.25, -0.2) is 0 Å². The highest BCUT2D eigenvalue weighted by Gasteiger charge is 2.32. The highest BCUT2D eigenvalue weighted by molar-refractivity contribution is 7.98. The maximum Gasteiger partial charge on any atom is 0.416 e. The minimum Gasteiger partial charge on any atom is -0.270 e. The van der Waals surface area contributed by atoms with Crippen LogP contribution in [0, 0.1) is 0 Å². The second kappa shape index (κ2) is 8.89. The zero-order chi connectivity index (χ0) is 23.6. The summed E-state index contributed by atoms with van der Waals surface area (Å²) in [5.41, 5.74) is -0.555. The minimum absolute atomic E-state index is 0.105. The van der Waals surface area contributed by atoms with Crippen LogP contribution in [0.2, 0.25) is 0 Å². The van der Waals surface area contributed by atoms with Crippen molar-refractivity contribution in [2.75, 3.05) is 0 Å². The number of halogens is 6. The number of thioether (sulfide) groups is 1. The smallest absolute Gasteiger partial charge is 0.270 e. The molecule has 0 aliphatic heterocycles. The fraction of sp³-hybridized carbons (Fsp3) is 0.136. The van der Waals surface area contributed by atoms with Crippen LogP contribution in [0.1, 0.15) is 16.7 Å². The summed E-state index contributed by atoms with van der Waals surface area (Å²) in [6.07, 6.45) is -6.00. The van der Waals surface area contributed by atoms with Crippen LogP contribution >= 0.6 is 11.8 Å². The summed E-state index contributed by atoms with van der Waals surface area (Å²) in [6, 6.07) is 12.8. The topological polar surface area (TPSA) is 43.6 Å². The van der Waals surface area contributed by atoms with E-state index >= 15 is 0 Å². The van der Waals surface area contributed by atoms with Gasteiger partial charge in [0.1, 0.15) is 0 Å².